The number of fused-ring (bicyclic) bond motifs is 8. The molecule has 0 saturated heterocycles. The van der Waals surface area contributed by atoms with Gasteiger partial charge >= 0.3 is 0 Å². The van der Waals surface area contributed by atoms with E-state index in [0.29, 0.717) is 17.5 Å². The summed E-state index contributed by atoms with van der Waals surface area (Å²) in [6.45, 7) is 0. The molecule has 0 fully saturated rings. The Labute approximate surface area is 280 Å². The maximum absolute atomic E-state index is 5.09. The van der Waals surface area contributed by atoms with Crippen LogP contribution in [-0.2, 0) is 0 Å². The lowest BCUT2D eigenvalue weighted by molar-refractivity contribution is 1.08. The van der Waals surface area contributed by atoms with Crippen LogP contribution in [0.1, 0.15) is 0 Å². The van der Waals surface area contributed by atoms with Crippen molar-refractivity contribution in [2.45, 2.75) is 0 Å². The monoisotopic (exact) mass is 630 g/mol. The van der Waals surface area contributed by atoms with Crippen molar-refractivity contribution >= 4 is 64.1 Å². The van der Waals surface area contributed by atoms with Gasteiger partial charge in [-0.1, -0.05) is 133 Å². The lowest BCUT2D eigenvalue weighted by Gasteiger charge is -2.10. The summed E-state index contributed by atoms with van der Waals surface area (Å²) in [7, 11) is 0. The number of benzene rings is 7. The molecule has 48 heavy (non-hydrogen) atoms. The second kappa shape index (κ2) is 10.7. The van der Waals surface area contributed by atoms with Crippen molar-refractivity contribution in [1.29, 1.82) is 0 Å². The lowest BCUT2D eigenvalue weighted by Crippen LogP contribution is -2.00. The average molecular weight is 631 g/mol. The topological polar surface area (TPSA) is 43.6 Å². The van der Waals surface area contributed by atoms with Crippen LogP contribution in [0.4, 0.5) is 0 Å². The summed E-state index contributed by atoms with van der Waals surface area (Å²) in [5.41, 5.74) is 6.51. The Morgan fingerprint density at radius 2 is 1.02 bits per heavy atom. The van der Waals surface area contributed by atoms with Crippen LogP contribution in [-0.4, -0.2) is 19.5 Å². The van der Waals surface area contributed by atoms with Crippen LogP contribution in [0.2, 0.25) is 0 Å². The number of para-hydroxylation sites is 1. The van der Waals surface area contributed by atoms with E-state index in [1.807, 2.05) is 47.7 Å². The number of hydrogen-bond donors (Lipinski definition) is 0. The minimum Gasteiger partial charge on any atom is -0.308 e. The highest BCUT2D eigenvalue weighted by Crippen LogP contribution is 2.45. The minimum absolute atomic E-state index is 0.663. The van der Waals surface area contributed by atoms with Crippen LogP contribution < -0.4 is 0 Å². The summed E-state index contributed by atoms with van der Waals surface area (Å²) in [6, 6.07) is 55.5. The smallest absolute Gasteiger partial charge is 0.165 e. The van der Waals surface area contributed by atoms with E-state index < -0.39 is 0 Å². The molecular formula is C43H26N4S. The second-order valence-electron chi connectivity index (χ2n) is 12.0. The number of rotatable bonds is 4. The van der Waals surface area contributed by atoms with E-state index >= 15 is 0 Å². The van der Waals surface area contributed by atoms with Gasteiger partial charge in [-0.3, -0.25) is 0 Å². The summed E-state index contributed by atoms with van der Waals surface area (Å²) in [5.74, 6) is 2.00. The molecule has 0 bridgehead atoms. The highest BCUT2D eigenvalue weighted by molar-refractivity contribution is 7.27. The highest BCUT2D eigenvalue weighted by Gasteiger charge is 2.21. The van der Waals surface area contributed by atoms with E-state index in [4.69, 9.17) is 15.0 Å². The Morgan fingerprint density at radius 1 is 0.417 bits per heavy atom. The number of nitrogens with zero attached hydrogens (tertiary/aromatic N) is 4. The van der Waals surface area contributed by atoms with Crippen molar-refractivity contribution in [3.8, 4) is 39.9 Å². The number of aromatic nitrogens is 4. The first kappa shape index (κ1) is 27.0. The van der Waals surface area contributed by atoms with E-state index in [9.17, 15) is 0 Å². The van der Waals surface area contributed by atoms with Crippen LogP contribution in [0.3, 0.4) is 0 Å². The predicted molar refractivity (Wildman–Crippen MR) is 201 cm³/mol. The van der Waals surface area contributed by atoms with Gasteiger partial charge in [0.05, 0.1) is 15.7 Å². The first-order valence-electron chi connectivity index (χ1n) is 16.0. The third-order valence-electron chi connectivity index (χ3n) is 9.23. The third kappa shape index (κ3) is 4.18. The molecule has 0 N–H and O–H groups in total. The van der Waals surface area contributed by atoms with Gasteiger partial charge in [0, 0.05) is 48.6 Å². The van der Waals surface area contributed by atoms with Gasteiger partial charge in [-0.25, -0.2) is 15.0 Å². The molecule has 0 radical (unpaired) electrons. The van der Waals surface area contributed by atoms with E-state index in [2.05, 4.69) is 126 Å². The van der Waals surface area contributed by atoms with Gasteiger partial charge in [0.15, 0.2) is 17.5 Å². The maximum Gasteiger partial charge on any atom is 0.165 e. The summed E-state index contributed by atoms with van der Waals surface area (Å²) >= 11 is 1.82. The molecule has 0 unspecified atom stereocenters. The molecule has 0 saturated carbocycles. The van der Waals surface area contributed by atoms with Crippen molar-refractivity contribution in [1.82, 2.24) is 19.5 Å². The molecule has 224 valence electrons. The first-order chi connectivity index (χ1) is 23.8. The second-order valence-corrected chi connectivity index (χ2v) is 13.1. The standard InChI is InChI=1S/C43H26N4S/c1-3-13-28(14-4-1)41-44-42(29-15-5-2-6-16-29)46-43(45-41)36-20-11-19-34-35-25-24-33-32-18-9-10-21-37(32)47(38(33)40(35)48-39(34)36)31-23-22-27-12-7-8-17-30(27)26-31/h1-26H. The van der Waals surface area contributed by atoms with Gasteiger partial charge in [-0.2, -0.15) is 0 Å². The Morgan fingerprint density at radius 3 is 1.79 bits per heavy atom. The highest BCUT2D eigenvalue weighted by atomic mass is 32.1. The molecule has 0 aliphatic heterocycles. The minimum atomic E-state index is 0.663. The van der Waals surface area contributed by atoms with Gasteiger partial charge in [-0.15, -0.1) is 11.3 Å². The van der Waals surface area contributed by atoms with Crippen molar-refractivity contribution in [2.24, 2.45) is 0 Å². The van der Waals surface area contributed by atoms with Gasteiger partial charge in [0.25, 0.3) is 0 Å². The van der Waals surface area contributed by atoms with Crippen molar-refractivity contribution in [2.75, 3.05) is 0 Å². The SMILES string of the molecule is c1ccc(-c2nc(-c3ccccc3)nc(-c3cccc4c3sc3c4ccc4c5ccccc5n(-c5ccc6ccccc6c5)c43)n2)cc1. The fraction of sp³-hybridized carbons (Fsp3) is 0. The molecule has 3 aromatic heterocycles. The molecule has 3 heterocycles. The Kier molecular flexibility index (Phi) is 6.01. The third-order valence-corrected chi connectivity index (χ3v) is 10.5. The van der Waals surface area contributed by atoms with E-state index in [0.717, 1.165) is 22.4 Å². The zero-order valence-electron chi connectivity index (χ0n) is 25.7. The molecular weight excluding hydrogens is 605 g/mol. The molecule has 0 atom stereocenters. The van der Waals surface area contributed by atoms with E-state index in [1.54, 1.807) is 0 Å². The van der Waals surface area contributed by atoms with Gasteiger partial charge in [0.2, 0.25) is 0 Å². The molecule has 5 heteroatoms. The summed E-state index contributed by atoms with van der Waals surface area (Å²) < 4.78 is 4.86. The average Bonchev–Trinajstić information content (AvgIpc) is 3.71. The van der Waals surface area contributed by atoms with Crippen LogP contribution >= 0.6 is 11.3 Å². The van der Waals surface area contributed by atoms with Crippen molar-refractivity contribution < 1.29 is 0 Å². The van der Waals surface area contributed by atoms with E-state index in [1.165, 1.54) is 52.8 Å². The predicted octanol–water partition coefficient (Wildman–Crippen LogP) is 11.5. The zero-order chi connectivity index (χ0) is 31.6. The quantitative estimate of drug-likeness (QED) is 0.194. The zero-order valence-corrected chi connectivity index (χ0v) is 26.5. The molecule has 7 aromatic carbocycles. The molecule has 0 spiro atoms. The van der Waals surface area contributed by atoms with Crippen molar-refractivity contribution in [3.63, 3.8) is 0 Å². The number of thiophene rings is 1. The molecule has 10 aromatic rings. The maximum atomic E-state index is 5.09. The molecule has 0 aliphatic carbocycles. The van der Waals surface area contributed by atoms with Crippen LogP contribution in [0.5, 0.6) is 0 Å². The molecule has 10 rings (SSSR count). The Bertz CT molecular complexity index is 2780. The number of hydrogen-bond acceptors (Lipinski definition) is 4. The van der Waals surface area contributed by atoms with Gasteiger partial charge < -0.3 is 4.57 Å². The van der Waals surface area contributed by atoms with Crippen molar-refractivity contribution in [3.05, 3.63) is 158 Å². The normalized spacial score (nSPS) is 11.8. The summed E-state index contributed by atoms with van der Waals surface area (Å²) in [4.78, 5) is 15.1. The van der Waals surface area contributed by atoms with Crippen LogP contribution in [0.15, 0.2) is 158 Å². The largest absolute Gasteiger partial charge is 0.308 e. The summed E-state index contributed by atoms with van der Waals surface area (Å²) in [6.07, 6.45) is 0. The van der Waals surface area contributed by atoms with Crippen LogP contribution in [0, 0.1) is 0 Å². The molecule has 0 amide bonds. The molecule has 0 aliphatic rings. The first-order valence-corrected chi connectivity index (χ1v) is 16.9. The van der Waals surface area contributed by atoms with Crippen LogP contribution in [0.25, 0.3) is 92.6 Å². The van der Waals surface area contributed by atoms with Gasteiger partial charge in [-0.05, 0) is 35.0 Å². The fourth-order valence-electron chi connectivity index (χ4n) is 6.99. The lowest BCUT2D eigenvalue weighted by atomic mass is 10.1. The van der Waals surface area contributed by atoms with E-state index in [-0.39, 0.29) is 0 Å². The van der Waals surface area contributed by atoms with Gasteiger partial charge in [0.1, 0.15) is 0 Å². The summed E-state index contributed by atoms with van der Waals surface area (Å²) in [5, 5.41) is 7.39. The fourth-order valence-corrected chi connectivity index (χ4v) is 8.34. The Balaban J connectivity index is 1.27. The Hall–Kier alpha value is -6.17. The molecule has 4 nitrogen and oxygen atoms in total.